The number of hydrogen-bond acceptors (Lipinski definition) is 5. The number of nitrogens with one attached hydrogen (secondary N) is 1. The minimum atomic E-state index is -3.85. The van der Waals surface area contributed by atoms with E-state index >= 15 is 0 Å². The minimum Gasteiger partial charge on any atom is -0.325 e. The second kappa shape index (κ2) is 8.40. The summed E-state index contributed by atoms with van der Waals surface area (Å²) in [5.41, 5.74) is 4.18. The summed E-state index contributed by atoms with van der Waals surface area (Å²) in [5, 5.41) is 8.62. The van der Waals surface area contributed by atoms with Crippen LogP contribution in [0.1, 0.15) is 16.7 Å². The molecule has 1 heterocycles. The van der Waals surface area contributed by atoms with Crippen molar-refractivity contribution in [2.45, 2.75) is 30.8 Å². The number of rotatable bonds is 6. The molecule has 0 saturated heterocycles. The maximum Gasteiger partial charge on any atom is 0.238 e. The lowest BCUT2D eigenvalue weighted by atomic mass is 10.1. The monoisotopic (exact) mass is 430 g/mol. The van der Waals surface area contributed by atoms with E-state index in [0.29, 0.717) is 16.4 Å². The first-order valence-electron chi connectivity index (χ1n) is 8.81. The van der Waals surface area contributed by atoms with Gasteiger partial charge in [0.25, 0.3) is 0 Å². The first-order chi connectivity index (χ1) is 13.6. The Morgan fingerprint density at radius 3 is 2.48 bits per heavy atom. The average molecular weight is 431 g/mol. The Hall–Kier alpha value is -2.62. The molecular formula is C20H22N4O3S2. The molecule has 0 aliphatic carbocycles. The van der Waals surface area contributed by atoms with E-state index < -0.39 is 10.0 Å². The van der Waals surface area contributed by atoms with Gasteiger partial charge in [0.15, 0.2) is 5.16 Å². The molecule has 0 saturated carbocycles. The third kappa shape index (κ3) is 5.26. The second-order valence-electron chi connectivity index (χ2n) is 6.79. The van der Waals surface area contributed by atoms with Crippen molar-refractivity contribution < 1.29 is 13.2 Å². The number of sulfonamides is 1. The number of thioether (sulfide) groups is 1. The number of hydrogen-bond donors (Lipinski definition) is 2. The molecule has 2 aromatic carbocycles. The molecule has 0 aliphatic rings. The lowest BCUT2D eigenvalue weighted by Crippen LogP contribution is -2.17. The quantitative estimate of drug-likeness (QED) is 0.584. The number of aryl methyl sites for hydroxylation is 3. The second-order valence-corrected chi connectivity index (χ2v) is 9.26. The maximum atomic E-state index is 12.4. The van der Waals surface area contributed by atoms with Crippen molar-refractivity contribution in [2.24, 2.45) is 5.14 Å². The number of nitrogens with zero attached hydrogens (tertiary/aromatic N) is 2. The highest BCUT2D eigenvalue weighted by Gasteiger charge is 2.14. The zero-order valence-corrected chi connectivity index (χ0v) is 18.0. The van der Waals surface area contributed by atoms with Crippen LogP contribution in [0.3, 0.4) is 0 Å². The molecule has 3 rings (SSSR count). The van der Waals surface area contributed by atoms with Crippen LogP contribution in [0.4, 0.5) is 5.69 Å². The van der Waals surface area contributed by atoms with E-state index in [1.807, 2.05) is 24.6 Å². The van der Waals surface area contributed by atoms with Gasteiger partial charge in [0.2, 0.25) is 15.9 Å². The van der Waals surface area contributed by atoms with Gasteiger partial charge in [0.1, 0.15) is 0 Å². The molecule has 29 heavy (non-hydrogen) atoms. The van der Waals surface area contributed by atoms with Gasteiger partial charge in [-0.3, -0.25) is 9.36 Å². The van der Waals surface area contributed by atoms with Gasteiger partial charge in [-0.25, -0.2) is 18.5 Å². The highest BCUT2D eigenvalue weighted by molar-refractivity contribution is 7.99. The number of amides is 1. The highest BCUT2D eigenvalue weighted by Crippen LogP contribution is 2.23. The summed E-state index contributed by atoms with van der Waals surface area (Å²) in [6.07, 6.45) is 3.54. The lowest BCUT2D eigenvalue weighted by Gasteiger charge is -2.11. The van der Waals surface area contributed by atoms with Gasteiger partial charge < -0.3 is 5.32 Å². The van der Waals surface area contributed by atoms with Crippen molar-refractivity contribution in [3.63, 3.8) is 0 Å². The van der Waals surface area contributed by atoms with E-state index in [0.717, 1.165) is 16.8 Å². The Bertz CT molecular complexity index is 1150. The van der Waals surface area contributed by atoms with Crippen molar-refractivity contribution >= 4 is 33.4 Å². The number of primary sulfonamides is 1. The molecule has 9 heteroatoms. The van der Waals surface area contributed by atoms with Crippen LogP contribution >= 0.6 is 11.8 Å². The fourth-order valence-corrected chi connectivity index (χ4v) is 4.58. The molecule has 3 aromatic rings. The molecule has 3 N–H and O–H groups in total. The maximum absolute atomic E-state index is 12.4. The topological polar surface area (TPSA) is 107 Å². The van der Waals surface area contributed by atoms with Crippen LogP contribution in [0.5, 0.6) is 0 Å². The third-order valence-corrected chi connectivity index (χ3v) is 6.22. The standard InChI is InChI=1S/C20H22N4O3S2/c1-13-8-14(2)10-17(9-13)24-7-6-22-20(24)28-12-19(25)23-16-5-4-15(3)18(11-16)29(21,26)27/h4-11H,12H2,1-3H3,(H,23,25)(H2,21,26,27). The van der Waals surface area contributed by atoms with E-state index in [-0.39, 0.29) is 16.6 Å². The number of carbonyl (C=O) groups excluding carboxylic acids is 1. The van der Waals surface area contributed by atoms with Crippen molar-refractivity contribution in [3.8, 4) is 5.69 Å². The number of benzene rings is 2. The van der Waals surface area contributed by atoms with Gasteiger partial charge in [0, 0.05) is 23.8 Å². The molecule has 1 amide bonds. The molecule has 1 aromatic heterocycles. The minimum absolute atomic E-state index is 0.00619. The fourth-order valence-electron chi connectivity index (χ4n) is 2.99. The van der Waals surface area contributed by atoms with Gasteiger partial charge in [-0.1, -0.05) is 23.9 Å². The smallest absolute Gasteiger partial charge is 0.238 e. The van der Waals surface area contributed by atoms with Crippen molar-refractivity contribution in [3.05, 3.63) is 65.5 Å². The van der Waals surface area contributed by atoms with Gasteiger partial charge in [0.05, 0.1) is 10.6 Å². The van der Waals surface area contributed by atoms with E-state index in [1.54, 1.807) is 25.3 Å². The number of imidazole rings is 1. The molecule has 7 nitrogen and oxygen atoms in total. The van der Waals surface area contributed by atoms with Crippen LogP contribution in [0.2, 0.25) is 0 Å². The van der Waals surface area contributed by atoms with Gasteiger partial charge in [-0.05, 0) is 61.7 Å². The van der Waals surface area contributed by atoms with E-state index in [4.69, 9.17) is 5.14 Å². The zero-order chi connectivity index (χ0) is 21.2. The van der Waals surface area contributed by atoms with E-state index in [9.17, 15) is 13.2 Å². The summed E-state index contributed by atoms with van der Waals surface area (Å²) in [6.45, 7) is 5.71. The van der Waals surface area contributed by atoms with E-state index in [2.05, 4.69) is 28.5 Å². The SMILES string of the molecule is Cc1cc(C)cc(-n2ccnc2SCC(=O)Nc2ccc(C)c(S(N)(=O)=O)c2)c1. The predicted molar refractivity (Wildman–Crippen MR) is 115 cm³/mol. The zero-order valence-electron chi connectivity index (χ0n) is 16.3. The Morgan fingerprint density at radius 2 is 1.83 bits per heavy atom. The van der Waals surface area contributed by atoms with E-state index in [1.165, 1.54) is 17.8 Å². The summed E-state index contributed by atoms with van der Waals surface area (Å²) in [6, 6.07) is 10.8. The third-order valence-electron chi connectivity index (χ3n) is 4.20. The molecule has 0 unspecified atom stereocenters. The Balaban J connectivity index is 1.71. The molecular weight excluding hydrogens is 408 g/mol. The number of anilines is 1. The lowest BCUT2D eigenvalue weighted by molar-refractivity contribution is -0.113. The highest BCUT2D eigenvalue weighted by atomic mass is 32.2. The Kier molecular flexibility index (Phi) is 6.11. The van der Waals surface area contributed by atoms with Crippen LogP contribution in [0.25, 0.3) is 5.69 Å². The average Bonchev–Trinajstić information content (AvgIpc) is 3.08. The molecule has 0 radical (unpaired) electrons. The molecule has 0 spiro atoms. The number of carbonyl (C=O) groups is 1. The summed E-state index contributed by atoms with van der Waals surface area (Å²) < 4.78 is 25.2. The largest absolute Gasteiger partial charge is 0.325 e. The summed E-state index contributed by atoms with van der Waals surface area (Å²) in [7, 11) is -3.85. The normalized spacial score (nSPS) is 11.4. The van der Waals surface area contributed by atoms with Crippen molar-refractivity contribution in [2.75, 3.05) is 11.1 Å². The van der Waals surface area contributed by atoms with Crippen LogP contribution in [0.15, 0.2) is 58.8 Å². The summed E-state index contributed by atoms with van der Waals surface area (Å²) in [4.78, 5) is 16.7. The van der Waals surface area contributed by atoms with Gasteiger partial charge in [-0.2, -0.15) is 0 Å². The Morgan fingerprint density at radius 1 is 1.14 bits per heavy atom. The summed E-state index contributed by atoms with van der Waals surface area (Å²) >= 11 is 1.30. The summed E-state index contributed by atoms with van der Waals surface area (Å²) in [5.74, 6) is -0.144. The van der Waals surface area contributed by atoms with Gasteiger partial charge >= 0.3 is 0 Å². The molecule has 0 atom stereocenters. The molecule has 0 aliphatic heterocycles. The molecule has 0 fully saturated rings. The van der Waals surface area contributed by atoms with Gasteiger partial charge in [-0.15, -0.1) is 0 Å². The Labute approximate surface area is 174 Å². The molecule has 152 valence electrons. The predicted octanol–water partition coefficient (Wildman–Crippen LogP) is 3.18. The van der Waals surface area contributed by atoms with Crippen molar-refractivity contribution in [1.82, 2.24) is 9.55 Å². The fraction of sp³-hybridized carbons (Fsp3) is 0.200. The van der Waals surface area contributed by atoms with Crippen LogP contribution in [-0.2, 0) is 14.8 Å². The number of aromatic nitrogens is 2. The van der Waals surface area contributed by atoms with Crippen LogP contribution in [-0.4, -0.2) is 29.6 Å². The van der Waals surface area contributed by atoms with Crippen molar-refractivity contribution in [1.29, 1.82) is 0 Å². The molecule has 0 bridgehead atoms. The van der Waals surface area contributed by atoms with Crippen LogP contribution < -0.4 is 10.5 Å². The first kappa shape index (κ1) is 21.1. The first-order valence-corrected chi connectivity index (χ1v) is 11.3. The number of nitrogens with two attached hydrogens (primary N) is 1. The van der Waals surface area contributed by atoms with Crippen LogP contribution in [0, 0.1) is 20.8 Å².